The molecule has 1 aliphatic rings. The fourth-order valence-electron chi connectivity index (χ4n) is 1.94. The van der Waals surface area contributed by atoms with Crippen LogP contribution in [0.4, 0.5) is 0 Å². The molecule has 2 nitrogen and oxygen atoms in total. The van der Waals surface area contributed by atoms with Crippen LogP contribution in [-0.4, -0.2) is 31.8 Å². The summed E-state index contributed by atoms with van der Waals surface area (Å²) in [5, 5.41) is 4.75. The van der Waals surface area contributed by atoms with E-state index in [0.717, 1.165) is 19.5 Å². The summed E-state index contributed by atoms with van der Waals surface area (Å²) in [5.74, 6) is 0. The first-order valence-electron chi connectivity index (χ1n) is 5.20. The molecule has 0 saturated heterocycles. The topological polar surface area (TPSA) is 24.9 Å². The molecule has 0 atom stereocenters. The summed E-state index contributed by atoms with van der Waals surface area (Å²) in [7, 11) is 0. The number of hydrogen-bond acceptors (Lipinski definition) is 2. The molecule has 0 bridgehead atoms. The van der Waals surface area contributed by atoms with Crippen LogP contribution in [-0.2, 0) is 0 Å². The van der Waals surface area contributed by atoms with Crippen LogP contribution in [0.15, 0.2) is 30.3 Å². The summed E-state index contributed by atoms with van der Waals surface area (Å²) < 4.78 is 6.12. The summed E-state index contributed by atoms with van der Waals surface area (Å²) in [6.07, 6.45) is 3.46. The Kier molecular flexibility index (Phi) is 2.45. The number of rotatable bonds is 1. The van der Waals surface area contributed by atoms with E-state index in [1.54, 1.807) is 0 Å². The zero-order valence-electron chi connectivity index (χ0n) is 8.36. The van der Waals surface area contributed by atoms with Crippen LogP contribution >= 0.6 is 0 Å². The van der Waals surface area contributed by atoms with E-state index in [0.29, 0.717) is 14.7 Å². The molecule has 0 spiro atoms. The quantitative estimate of drug-likeness (QED) is 0.792. The summed E-state index contributed by atoms with van der Waals surface area (Å²) in [5.41, 5.74) is 2.62. The average Bonchev–Trinajstić information content (AvgIpc) is 2.74. The van der Waals surface area contributed by atoms with Crippen molar-refractivity contribution in [1.82, 2.24) is 9.30 Å². The second-order valence-corrected chi connectivity index (χ2v) is 5.41. The van der Waals surface area contributed by atoms with Gasteiger partial charge in [-0.3, -0.25) is 0 Å². The Bertz CT molecular complexity index is 513. The van der Waals surface area contributed by atoms with Crippen molar-refractivity contribution in [2.75, 3.05) is 13.1 Å². The normalized spacial score (nSPS) is 16.7. The number of fused-ring (bicyclic) bond motifs is 1. The van der Waals surface area contributed by atoms with Gasteiger partial charge >= 0.3 is 94.8 Å². The molecule has 1 aliphatic heterocycles. The van der Waals surface area contributed by atoms with E-state index in [-0.39, 0.29) is 0 Å². The number of benzene rings is 1. The van der Waals surface area contributed by atoms with E-state index in [2.05, 4.69) is 35.7 Å². The fourth-order valence-corrected chi connectivity index (χ4v) is 3.64. The van der Waals surface area contributed by atoms with Gasteiger partial charge in [0.05, 0.1) is 0 Å². The first-order valence-corrected chi connectivity index (χ1v) is 6.82. The van der Waals surface area contributed by atoms with Crippen molar-refractivity contribution < 1.29 is 0 Å². The van der Waals surface area contributed by atoms with Gasteiger partial charge in [-0.05, 0) is 0 Å². The predicted molar refractivity (Wildman–Crippen MR) is 64.1 cm³/mol. The van der Waals surface area contributed by atoms with Gasteiger partial charge in [0, 0.05) is 0 Å². The molecule has 1 aromatic carbocycles. The Morgan fingerprint density at radius 3 is 3.07 bits per heavy atom. The summed E-state index contributed by atoms with van der Waals surface area (Å²) in [6, 6.07) is 8.60. The van der Waals surface area contributed by atoms with Crippen LogP contribution in [0.25, 0.3) is 15.2 Å². The molecule has 0 aliphatic carbocycles. The molecule has 0 saturated carbocycles. The summed E-state index contributed by atoms with van der Waals surface area (Å²) >= 11 is 0.296. The Labute approximate surface area is 95.0 Å². The van der Waals surface area contributed by atoms with E-state index in [1.165, 1.54) is 20.9 Å². The Balaban J connectivity index is 2.14. The van der Waals surface area contributed by atoms with Gasteiger partial charge in [0.1, 0.15) is 0 Å². The third kappa shape index (κ3) is 1.67. The Morgan fingerprint density at radius 2 is 2.20 bits per heavy atom. The second kappa shape index (κ2) is 3.93. The monoisotopic (exact) mass is 264 g/mol. The zero-order chi connectivity index (χ0) is 10.1. The van der Waals surface area contributed by atoms with Crippen molar-refractivity contribution in [2.45, 2.75) is 6.42 Å². The molecule has 2 heterocycles. The van der Waals surface area contributed by atoms with E-state index < -0.39 is 0 Å². The number of nitrogens with one attached hydrogen (secondary N) is 1. The van der Waals surface area contributed by atoms with Crippen molar-refractivity contribution in [3.8, 4) is 0 Å². The van der Waals surface area contributed by atoms with Crippen molar-refractivity contribution in [1.29, 1.82) is 0 Å². The summed E-state index contributed by atoms with van der Waals surface area (Å²) in [6.45, 7) is 2.08. The third-order valence-corrected chi connectivity index (χ3v) is 4.44. The van der Waals surface area contributed by atoms with Gasteiger partial charge in [-0.15, -0.1) is 0 Å². The van der Waals surface area contributed by atoms with E-state index in [9.17, 15) is 0 Å². The molecule has 0 amide bonds. The molecule has 3 rings (SSSR count). The van der Waals surface area contributed by atoms with E-state index >= 15 is 0 Å². The van der Waals surface area contributed by atoms with Crippen LogP contribution in [0, 0.1) is 0 Å². The number of hydrogen-bond donors (Lipinski definition) is 1. The first-order chi connectivity index (χ1) is 7.45. The minimum atomic E-state index is 0.296. The van der Waals surface area contributed by atoms with Crippen LogP contribution in [0.5, 0.6) is 0 Å². The van der Waals surface area contributed by atoms with Gasteiger partial charge in [0.25, 0.3) is 0 Å². The van der Waals surface area contributed by atoms with Gasteiger partial charge in [0.2, 0.25) is 0 Å². The van der Waals surface area contributed by atoms with Crippen molar-refractivity contribution in [3.05, 3.63) is 36.0 Å². The van der Waals surface area contributed by atoms with Crippen LogP contribution in [0.3, 0.4) is 0 Å². The van der Waals surface area contributed by atoms with Gasteiger partial charge in [-0.1, -0.05) is 0 Å². The first kappa shape index (κ1) is 9.34. The maximum atomic E-state index is 4.70. The standard InChI is InChI=1S/C12H12N2Se/c1-2-6-11-10(5-1)12(14-15-11)9-4-3-7-13-8-9/h1-2,4-6,13H,3,7-8H2. The van der Waals surface area contributed by atoms with Crippen molar-refractivity contribution in [3.63, 3.8) is 0 Å². The van der Waals surface area contributed by atoms with E-state index in [4.69, 9.17) is 3.98 Å². The molecule has 0 radical (unpaired) electrons. The minimum absolute atomic E-state index is 0.296. The van der Waals surface area contributed by atoms with Crippen LogP contribution < -0.4 is 5.32 Å². The molecule has 1 aromatic heterocycles. The second-order valence-electron chi connectivity index (χ2n) is 3.72. The molecular weight excluding hydrogens is 251 g/mol. The zero-order valence-corrected chi connectivity index (χ0v) is 10.1. The van der Waals surface area contributed by atoms with Crippen molar-refractivity contribution in [2.24, 2.45) is 0 Å². The van der Waals surface area contributed by atoms with Gasteiger partial charge in [-0.25, -0.2) is 0 Å². The molecule has 0 unspecified atom stereocenters. The molecule has 0 fully saturated rings. The summed E-state index contributed by atoms with van der Waals surface area (Å²) in [4.78, 5) is 0. The number of aromatic nitrogens is 1. The van der Waals surface area contributed by atoms with Gasteiger partial charge < -0.3 is 0 Å². The Morgan fingerprint density at radius 1 is 1.27 bits per heavy atom. The van der Waals surface area contributed by atoms with Crippen LogP contribution in [0.2, 0.25) is 0 Å². The third-order valence-electron chi connectivity index (χ3n) is 2.71. The maximum absolute atomic E-state index is 4.70. The van der Waals surface area contributed by atoms with Crippen molar-refractivity contribution >= 4 is 30.0 Å². The Hall–Kier alpha value is -0.891. The van der Waals surface area contributed by atoms with Gasteiger partial charge in [-0.2, -0.15) is 0 Å². The molecule has 2 aromatic rings. The molecule has 1 N–H and O–H groups in total. The fraction of sp³-hybridized carbons (Fsp3) is 0.250. The average molecular weight is 263 g/mol. The molecule has 76 valence electrons. The number of nitrogens with zero attached hydrogens (tertiary/aromatic N) is 1. The predicted octanol–water partition coefficient (Wildman–Crippen LogP) is 1.67. The van der Waals surface area contributed by atoms with Crippen LogP contribution in [0.1, 0.15) is 12.1 Å². The molecule has 3 heteroatoms. The van der Waals surface area contributed by atoms with Gasteiger partial charge in [0.15, 0.2) is 0 Å². The molecule has 15 heavy (non-hydrogen) atoms. The molecular formula is C12H12N2Se. The SMILES string of the molecule is C1=C(c2n[se]c3ccccc23)CNCC1. The van der Waals surface area contributed by atoms with E-state index in [1.807, 2.05) is 0 Å².